The van der Waals surface area contributed by atoms with Gasteiger partial charge in [0.15, 0.2) is 0 Å². The van der Waals surface area contributed by atoms with Gasteiger partial charge in [-0.05, 0) is 83.0 Å². The average Bonchev–Trinajstić information content (AvgIpc) is 3.20. The molecule has 228 valence electrons. The van der Waals surface area contributed by atoms with Crippen LogP contribution in [0.4, 0.5) is 9.59 Å². The van der Waals surface area contributed by atoms with E-state index in [0.29, 0.717) is 16.7 Å². The summed E-state index contributed by atoms with van der Waals surface area (Å²) in [5.74, 6) is 4.62. The number of nitrogens with zero attached hydrogens (tertiary/aromatic N) is 5. The van der Waals surface area contributed by atoms with Gasteiger partial charge in [0, 0.05) is 27.1 Å². The molecule has 0 bridgehead atoms. The minimum atomic E-state index is -2.17. The number of esters is 2. The van der Waals surface area contributed by atoms with E-state index in [1.165, 1.54) is 19.6 Å². The number of rotatable bonds is 4. The molecule has 11 nitrogen and oxygen atoms in total. The summed E-state index contributed by atoms with van der Waals surface area (Å²) in [7, 11) is 0. The minimum Gasteiger partial charge on any atom is -0.463 e. The summed E-state index contributed by atoms with van der Waals surface area (Å²) in [6, 6.07) is 13.6. The lowest BCUT2D eigenvalue weighted by molar-refractivity contribution is -0.191. The third-order valence-corrected chi connectivity index (χ3v) is 9.90. The second-order valence-corrected chi connectivity index (χ2v) is 12.2. The molecule has 3 aromatic rings. The summed E-state index contributed by atoms with van der Waals surface area (Å²) < 4.78 is 12.2. The van der Waals surface area contributed by atoms with E-state index in [9.17, 15) is 19.2 Å². The molecule has 1 aromatic heterocycles. The van der Waals surface area contributed by atoms with Gasteiger partial charge in [0.25, 0.3) is 11.3 Å². The van der Waals surface area contributed by atoms with Gasteiger partial charge in [-0.25, -0.2) is 19.2 Å². The molecule has 12 heteroatoms. The summed E-state index contributed by atoms with van der Waals surface area (Å²) >= 11 is 2.19. The van der Waals surface area contributed by atoms with Gasteiger partial charge in [0.1, 0.15) is 0 Å². The van der Waals surface area contributed by atoms with Crippen molar-refractivity contribution in [1.29, 1.82) is 0 Å². The van der Waals surface area contributed by atoms with Crippen LogP contribution in [0.25, 0.3) is 0 Å². The zero-order chi connectivity index (χ0) is 31.5. The molecule has 4 aliphatic rings. The molecule has 0 unspecified atom stereocenters. The summed E-state index contributed by atoms with van der Waals surface area (Å²) in [6.45, 7) is 3.06. The summed E-state index contributed by atoms with van der Waals surface area (Å²) in [5, 5.41) is 0. The normalized spacial score (nSPS) is 22.5. The van der Waals surface area contributed by atoms with E-state index in [0.717, 1.165) is 20.3 Å². The number of hydrogen-bond acceptors (Lipinski definition) is 7. The zero-order valence-corrected chi connectivity index (χ0v) is 26.7. The number of amides is 4. The van der Waals surface area contributed by atoms with Crippen molar-refractivity contribution >= 4 is 46.6 Å². The Morgan fingerprint density at radius 1 is 0.756 bits per heavy atom. The van der Waals surface area contributed by atoms with Crippen LogP contribution in [0.5, 0.6) is 0 Å². The number of benzene rings is 2. The van der Waals surface area contributed by atoms with Crippen molar-refractivity contribution in [2.45, 2.75) is 51.4 Å². The molecule has 5 heterocycles. The number of ether oxygens (including phenoxy) is 2. The fourth-order valence-corrected chi connectivity index (χ4v) is 7.78. The highest BCUT2D eigenvalue weighted by atomic mass is 127. The molecule has 2 atom stereocenters. The van der Waals surface area contributed by atoms with Crippen molar-refractivity contribution in [3.05, 3.63) is 97.9 Å². The zero-order valence-electron chi connectivity index (χ0n) is 24.6. The van der Waals surface area contributed by atoms with Crippen LogP contribution in [0.1, 0.15) is 47.2 Å². The quantitative estimate of drug-likeness (QED) is 0.229. The van der Waals surface area contributed by atoms with Crippen LogP contribution < -0.4 is 0 Å². The molecule has 0 radical (unpaired) electrons. The fourth-order valence-electron chi connectivity index (χ4n) is 7.05. The predicted octanol–water partition coefficient (Wildman–Crippen LogP) is 3.81. The van der Waals surface area contributed by atoms with Gasteiger partial charge in [-0.1, -0.05) is 36.1 Å². The maximum Gasteiger partial charge on any atom is 0.358 e. The van der Waals surface area contributed by atoms with Crippen LogP contribution in [0.15, 0.2) is 60.9 Å². The third kappa shape index (κ3) is 3.86. The highest BCUT2D eigenvalue weighted by molar-refractivity contribution is 14.1. The van der Waals surface area contributed by atoms with E-state index in [4.69, 9.17) is 9.47 Å². The number of carbonyl (C=O) groups is 4. The lowest BCUT2D eigenvalue weighted by atomic mass is 9.90. The van der Waals surface area contributed by atoms with Crippen LogP contribution in [-0.4, -0.2) is 73.1 Å². The minimum absolute atomic E-state index is 0.00826. The van der Waals surface area contributed by atoms with Crippen molar-refractivity contribution < 1.29 is 28.7 Å². The molecule has 0 aliphatic carbocycles. The molecule has 4 aliphatic heterocycles. The average molecular weight is 718 g/mol. The predicted molar refractivity (Wildman–Crippen MR) is 168 cm³/mol. The van der Waals surface area contributed by atoms with Crippen LogP contribution >= 0.6 is 22.6 Å². The Bertz CT molecular complexity index is 1840. The Morgan fingerprint density at radius 3 is 1.84 bits per heavy atom. The summed E-state index contributed by atoms with van der Waals surface area (Å²) in [4.78, 5) is 67.9. The Labute approximate surface area is 273 Å². The highest BCUT2D eigenvalue weighted by Crippen LogP contribution is 2.57. The number of halogens is 1. The van der Waals surface area contributed by atoms with E-state index in [2.05, 4.69) is 39.4 Å². The number of hydrogen-bond donors (Lipinski definition) is 0. The number of carbonyl (C=O) groups excluding carboxylic acids is 4. The van der Waals surface area contributed by atoms with Crippen LogP contribution in [0.3, 0.4) is 0 Å². The standard InChI is InChI=1S/C33H28IN5O6/c1-3-44-28(40)32-33(29(41)45-4-2)37-18-24-9-6-10-27(34)26(24)20-39(33)31(43)36(32)17-23-8-5-7-22(25(23)19-38(32)30(37)42)12-11-21-13-15-35-16-14-21/h5-10,13-16H,3-4,17-20H2,1-2H3/t32-,33-/m1/s1. The fraction of sp³-hybridized carbons (Fsp3) is 0.303. The Morgan fingerprint density at radius 2 is 1.27 bits per heavy atom. The Kier molecular flexibility index (Phi) is 6.96. The SMILES string of the molecule is CCOC(=O)[C@@]12N3Cc4cccc(I)c4CN1C(=O)N1Cc4cccc(C#Cc5ccncc5)c4CN(C3=O)[C@@]12C(=O)OCC. The largest absolute Gasteiger partial charge is 0.463 e. The third-order valence-electron chi connectivity index (χ3n) is 8.89. The van der Waals surface area contributed by atoms with Gasteiger partial charge < -0.3 is 9.47 Å². The number of fused-ring (bicyclic) bond motifs is 2. The molecule has 2 saturated heterocycles. The maximum absolute atomic E-state index is 14.8. The molecule has 2 fully saturated rings. The maximum atomic E-state index is 14.8. The Hall–Kier alpha value is -4.64. The number of pyridine rings is 1. The van der Waals surface area contributed by atoms with Gasteiger partial charge in [-0.15, -0.1) is 0 Å². The van der Waals surface area contributed by atoms with Crippen molar-refractivity contribution in [3.8, 4) is 11.8 Å². The molecule has 0 spiro atoms. The van der Waals surface area contributed by atoms with E-state index in [-0.39, 0.29) is 39.4 Å². The Balaban J connectivity index is 1.49. The van der Waals surface area contributed by atoms with Gasteiger partial charge in [-0.3, -0.25) is 24.6 Å². The van der Waals surface area contributed by atoms with Crippen LogP contribution in [0, 0.1) is 15.4 Å². The molecule has 7 rings (SSSR count). The summed E-state index contributed by atoms with van der Waals surface area (Å²) in [5.41, 5.74) is 0.00984. The second-order valence-electron chi connectivity index (χ2n) is 11.0. The first kappa shape index (κ1) is 29.1. The lowest BCUT2D eigenvalue weighted by Crippen LogP contribution is -2.75. The molecule has 45 heavy (non-hydrogen) atoms. The van der Waals surface area contributed by atoms with E-state index in [1.54, 1.807) is 38.4 Å². The van der Waals surface area contributed by atoms with Gasteiger partial charge in [0.05, 0.1) is 39.4 Å². The molecule has 0 saturated carbocycles. The van der Waals surface area contributed by atoms with Gasteiger partial charge >= 0.3 is 24.0 Å². The monoisotopic (exact) mass is 717 g/mol. The molecule has 2 aromatic carbocycles. The van der Waals surface area contributed by atoms with Gasteiger partial charge in [0.2, 0.25) is 0 Å². The van der Waals surface area contributed by atoms with Crippen molar-refractivity contribution in [1.82, 2.24) is 24.6 Å². The molecule has 0 N–H and O–H groups in total. The van der Waals surface area contributed by atoms with Crippen molar-refractivity contribution in [3.63, 3.8) is 0 Å². The van der Waals surface area contributed by atoms with Crippen LogP contribution in [0.2, 0.25) is 0 Å². The first-order chi connectivity index (χ1) is 21.8. The highest BCUT2D eigenvalue weighted by Gasteiger charge is 2.87. The summed E-state index contributed by atoms with van der Waals surface area (Å²) in [6.07, 6.45) is 3.31. The van der Waals surface area contributed by atoms with E-state index >= 15 is 0 Å². The van der Waals surface area contributed by atoms with E-state index in [1.807, 2.05) is 36.4 Å². The first-order valence-corrected chi connectivity index (χ1v) is 15.7. The van der Waals surface area contributed by atoms with Crippen molar-refractivity contribution in [2.75, 3.05) is 13.2 Å². The first-order valence-electron chi connectivity index (χ1n) is 14.6. The number of urea groups is 2. The topological polar surface area (TPSA) is 113 Å². The van der Waals surface area contributed by atoms with E-state index < -0.39 is 35.3 Å². The molecule has 4 amide bonds. The second kappa shape index (κ2) is 10.8. The smallest absolute Gasteiger partial charge is 0.358 e. The number of aromatic nitrogens is 1. The molecular formula is C33H28IN5O6. The van der Waals surface area contributed by atoms with Gasteiger partial charge in [-0.2, -0.15) is 0 Å². The van der Waals surface area contributed by atoms with Crippen LogP contribution in [-0.2, 0) is 45.2 Å². The lowest BCUT2D eigenvalue weighted by Gasteiger charge is -2.43. The molecular weight excluding hydrogens is 689 g/mol. The van der Waals surface area contributed by atoms with Crippen molar-refractivity contribution in [2.24, 2.45) is 0 Å².